The number of benzene rings is 1. The number of amides is 1. The minimum atomic E-state index is -0.584. The Morgan fingerprint density at radius 3 is 2.24 bits per heavy atom. The SMILES string of the molecule is COc1ccc([C@H](NC(=O)OC(C)(C)C)[C@@H](C)C=O)cc1. The van der Waals surface area contributed by atoms with E-state index in [4.69, 9.17) is 9.47 Å². The van der Waals surface area contributed by atoms with E-state index in [-0.39, 0.29) is 5.92 Å². The molecule has 0 heterocycles. The first-order valence-corrected chi connectivity index (χ1v) is 6.85. The standard InChI is InChI=1S/C16H23NO4/c1-11(10-18)14(17-15(19)21-16(2,3)4)12-6-8-13(20-5)9-7-12/h6-11,14H,1-5H3,(H,17,19)/t11-,14+/m0/s1. The van der Waals surface area contributed by atoms with Gasteiger partial charge in [-0.2, -0.15) is 0 Å². The van der Waals surface area contributed by atoms with Gasteiger partial charge in [0.25, 0.3) is 0 Å². The molecule has 1 amide bonds. The number of aldehydes is 1. The summed E-state index contributed by atoms with van der Waals surface area (Å²) in [6.45, 7) is 7.12. The van der Waals surface area contributed by atoms with Crippen molar-refractivity contribution in [2.75, 3.05) is 7.11 Å². The zero-order valence-corrected chi connectivity index (χ0v) is 13.2. The van der Waals surface area contributed by atoms with Crippen LogP contribution < -0.4 is 10.1 Å². The van der Waals surface area contributed by atoms with E-state index in [0.717, 1.165) is 11.8 Å². The van der Waals surface area contributed by atoms with Crippen molar-refractivity contribution in [3.8, 4) is 5.75 Å². The van der Waals surface area contributed by atoms with Gasteiger partial charge in [-0.25, -0.2) is 4.79 Å². The Balaban J connectivity index is 2.89. The first-order valence-electron chi connectivity index (χ1n) is 6.85. The molecule has 0 fully saturated rings. The van der Waals surface area contributed by atoms with E-state index in [9.17, 15) is 9.59 Å². The van der Waals surface area contributed by atoms with Crippen molar-refractivity contribution in [1.82, 2.24) is 5.32 Å². The van der Waals surface area contributed by atoms with Crippen LogP contribution >= 0.6 is 0 Å². The normalized spacial score (nSPS) is 14.0. The molecule has 1 aromatic rings. The van der Waals surface area contributed by atoms with Crippen LogP contribution in [0.2, 0.25) is 0 Å². The molecule has 0 saturated heterocycles. The molecule has 0 spiro atoms. The van der Waals surface area contributed by atoms with Gasteiger partial charge in [-0.15, -0.1) is 0 Å². The Kier molecular flexibility index (Phi) is 5.76. The van der Waals surface area contributed by atoms with E-state index < -0.39 is 17.7 Å². The Morgan fingerprint density at radius 1 is 1.24 bits per heavy atom. The molecule has 0 unspecified atom stereocenters. The summed E-state index contributed by atoms with van der Waals surface area (Å²) in [7, 11) is 1.58. The van der Waals surface area contributed by atoms with Gasteiger partial charge in [-0.3, -0.25) is 0 Å². The summed E-state index contributed by atoms with van der Waals surface area (Å²) in [5.41, 5.74) is 0.236. The summed E-state index contributed by atoms with van der Waals surface area (Å²) >= 11 is 0. The van der Waals surface area contributed by atoms with Gasteiger partial charge in [-0.05, 0) is 38.5 Å². The molecule has 5 heteroatoms. The third-order valence-electron chi connectivity index (χ3n) is 2.89. The van der Waals surface area contributed by atoms with Gasteiger partial charge in [0, 0.05) is 5.92 Å². The van der Waals surface area contributed by atoms with E-state index in [2.05, 4.69) is 5.32 Å². The Hall–Kier alpha value is -2.04. The zero-order valence-electron chi connectivity index (χ0n) is 13.2. The molecule has 0 aliphatic rings. The number of hydrogen-bond donors (Lipinski definition) is 1. The molecule has 0 aromatic heterocycles. The molecule has 1 N–H and O–H groups in total. The largest absolute Gasteiger partial charge is 0.497 e. The number of nitrogens with one attached hydrogen (secondary N) is 1. The van der Waals surface area contributed by atoms with Crippen LogP contribution in [-0.2, 0) is 9.53 Å². The topological polar surface area (TPSA) is 64.6 Å². The van der Waals surface area contributed by atoms with Gasteiger partial charge >= 0.3 is 6.09 Å². The molecule has 5 nitrogen and oxygen atoms in total. The highest BCUT2D eigenvalue weighted by molar-refractivity contribution is 5.69. The number of rotatable bonds is 5. The zero-order chi connectivity index (χ0) is 16.0. The van der Waals surface area contributed by atoms with Gasteiger partial charge in [0.2, 0.25) is 0 Å². The number of hydrogen-bond acceptors (Lipinski definition) is 4. The van der Waals surface area contributed by atoms with E-state index >= 15 is 0 Å². The van der Waals surface area contributed by atoms with E-state index in [1.807, 2.05) is 12.1 Å². The molecular weight excluding hydrogens is 270 g/mol. The summed E-state index contributed by atoms with van der Waals surface area (Å²) < 4.78 is 10.3. The first kappa shape index (κ1) is 17.0. The molecule has 21 heavy (non-hydrogen) atoms. The highest BCUT2D eigenvalue weighted by Gasteiger charge is 2.24. The van der Waals surface area contributed by atoms with Crippen LogP contribution in [0.5, 0.6) is 5.75 Å². The first-order chi connectivity index (χ1) is 9.76. The van der Waals surface area contributed by atoms with Crippen LogP contribution in [0.15, 0.2) is 24.3 Å². The highest BCUT2D eigenvalue weighted by Crippen LogP contribution is 2.23. The molecule has 116 valence electrons. The number of carbonyl (C=O) groups excluding carboxylic acids is 2. The molecule has 2 atom stereocenters. The predicted molar refractivity (Wildman–Crippen MR) is 80.3 cm³/mol. The van der Waals surface area contributed by atoms with Gasteiger partial charge in [0.05, 0.1) is 13.2 Å². The lowest BCUT2D eigenvalue weighted by Gasteiger charge is -2.25. The van der Waals surface area contributed by atoms with Crippen molar-refractivity contribution < 1.29 is 19.1 Å². The van der Waals surface area contributed by atoms with Crippen LogP contribution in [0.25, 0.3) is 0 Å². The van der Waals surface area contributed by atoms with Gasteiger partial charge < -0.3 is 19.6 Å². The molecule has 1 rings (SSSR count). The minimum absolute atomic E-state index is 0.370. The number of carbonyl (C=O) groups is 2. The maximum atomic E-state index is 11.9. The summed E-state index contributed by atoms with van der Waals surface area (Å²) in [5.74, 6) is 0.347. The number of alkyl carbamates (subject to hydrolysis) is 1. The lowest BCUT2D eigenvalue weighted by atomic mass is 9.96. The summed E-state index contributed by atoms with van der Waals surface area (Å²) in [6, 6.07) is 6.78. The molecule has 0 aliphatic heterocycles. The fourth-order valence-electron chi connectivity index (χ4n) is 1.84. The maximum absolute atomic E-state index is 11.9. The van der Waals surface area contributed by atoms with E-state index in [1.165, 1.54) is 0 Å². The van der Waals surface area contributed by atoms with Crippen LogP contribution in [0, 0.1) is 5.92 Å². The lowest BCUT2D eigenvalue weighted by molar-refractivity contribution is -0.111. The molecule has 0 radical (unpaired) electrons. The average Bonchev–Trinajstić information content (AvgIpc) is 2.42. The molecule has 0 saturated carbocycles. The summed E-state index contributed by atoms with van der Waals surface area (Å²) in [4.78, 5) is 23.0. The monoisotopic (exact) mass is 293 g/mol. The Bertz CT molecular complexity index is 476. The van der Waals surface area contributed by atoms with Crippen molar-refractivity contribution in [2.45, 2.75) is 39.3 Å². The molecule has 0 bridgehead atoms. The van der Waals surface area contributed by atoms with Crippen LogP contribution in [0.1, 0.15) is 39.3 Å². The van der Waals surface area contributed by atoms with Gasteiger partial charge in [-0.1, -0.05) is 19.1 Å². The van der Waals surface area contributed by atoms with Gasteiger partial charge in [0.15, 0.2) is 0 Å². The third-order valence-corrected chi connectivity index (χ3v) is 2.89. The maximum Gasteiger partial charge on any atom is 0.408 e. The van der Waals surface area contributed by atoms with Crippen LogP contribution in [0.3, 0.4) is 0 Å². The minimum Gasteiger partial charge on any atom is -0.497 e. The fourth-order valence-corrected chi connectivity index (χ4v) is 1.84. The quantitative estimate of drug-likeness (QED) is 0.847. The second kappa shape index (κ2) is 7.11. The summed E-state index contributed by atoms with van der Waals surface area (Å²) in [5, 5.41) is 2.74. The molecule has 1 aromatic carbocycles. The number of methoxy groups -OCH3 is 1. The van der Waals surface area contributed by atoms with Crippen molar-refractivity contribution >= 4 is 12.4 Å². The van der Waals surface area contributed by atoms with Crippen molar-refractivity contribution in [3.05, 3.63) is 29.8 Å². The lowest BCUT2D eigenvalue weighted by Crippen LogP contribution is -2.37. The number of ether oxygens (including phenoxy) is 2. The van der Waals surface area contributed by atoms with Gasteiger partial charge in [0.1, 0.15) is 17.6 Å². The second-order valence-electron chi connectivity index (χ2n) is 5.89. The van der Waals surface area contributed by atoms with Crippen molar-refractivity contribution in [2.24, 2.45) is 5.92 Å². The van der Waals surface area contributed by atoms with Crippen LogP contribution in [-0.4, -0.2) is 25.1 Å². The predicted octanol–water partition coefficient (Wildman–Crippen LogP) is 3.10. The third kappa shape index (κ3) is 5.45. The van der Waals surface area contributed by atoms with Crippen molar-refractivity contribution in [1.29, 1.82) is 0 Å². The van der Waals surface area contributed by atoms with E-state index in [1.54, 1.807) is 46.9 Å². The molecule has 0 aliphatic carbocycles. The molecular formula is C16H23NO4. The van der Waals surface area contributed by atoms with Crippen molar-refractivity contribution in [3.63, 3.8) is 0 Å². The van der Waals surface area contributed by atoms with Crippen LogP contribution in [0.4, 0.5) is 4.79 Å². The second-order valence-corrected chi connectivity index (χ2v) is 5.89. The Labute approximate surface area is 125 Å². The fraction of sp³-hybridized carbons (Fsp3) is 0.500. The highest BCUT2D eigenvalue weighted by atomic mass is 16.6. The summed E-state index contributed by atoms with van der Waals surface area (Å²) in [6.07, 6.45) is 0.267. The van der Waals surface area contributed by atoms with E-state index in [0.29, 0.717) is 5.75 Å². The Morgan fingerprint density at radius 2 is 1.81 bits per heavy atom. The smallest absolute Gasteiger partial charge is 0.408 e. The average molecular weight is 293 g/mol.